The van der Waals surface area contributed by atoms with E-state index in [4.69, 9.17) is 11.6 Å². The molecule has 2 heterocycles. The Balaban J connectivity index is 1.43. The van der Waals surface area contributed by atoms with Crippen LogP contribution in [0, 0.1) is 5.92 Å². The summed E-state index contributed by atoms with van der Waals surface area (Å²) in [6.07, 6.45) is 1.23. The highest BCUT2D eigenvalue weighted by molar-refractivity contribution is 6.21. The molecule has 8 heteroatoms. The molecule has 2 unspecified atom stereocenters. The van der Waals surface area contributed by atoms with Crippen LogP contribution in [0.25, 0.3) is 0 Å². The van der Waals surface area contributed by atoms with Gasteiger partial charge in [-0.3, -0.25) is 14.4 Å². The molecule has 0 saturated carbocycles. The van der Waals surface area contributed by atoms with Crippen LogP contribution in [0.1, 0.15) is 31.2 Å². The van der Waals surface area contributed by atoms with Crippen molar-refractivity contribution < 1.29 is 14.4 Å². The highest BCUT2D eigenvalue weighted by Crippen LogP contribution is 2.25. The van der Waals surface area contributed by atoms with E-state index in [9.17, 15) is 14.4 Å². The first-order valence-electron chi connectivity index (χ1n) is 9.72. The summed E-state index contributed by atoms with van der Waals surface area (Å²) < 4.78 is 0. The average molecular weight is 407 g/mol. The number of benzene rings is 1. The Kier molecular flexibility index (Phi) is 6.91. The predicted molar refractivity (Wildman–Crippen MR) is 107 cm³/mol. The van der Waals surface area contributed by atoms with Crippen LogP contribution in [-0.4, -0.2) is 54.8 Å². The Morgan fingerprint density at radius 1 is 1.21 bits per heavy atom. The van der Waals surface area contributed by atoms with Crippen molar-refractivity contribution in [1.29, 1.82) is 0 Å². The molecule has 7 nitrogen and oxygen atoms in total. The molecule has 2 aliphatic heterocycles. The Hall–Kier alpha value is -2.12. The van der Waals surface area contributed by atoms with Gasteiger partial charge in [0, 0.05) is 19.6 Å². The first kappa shape index (κ1) is 20.6. The van der Waals surface area contributed by atoms with Crippen LogP contribution in [-0.2, 0) is 14.4 Å². The summed E-state index contributed by atoms with van der Waals surface area (Å²) in [5.74, 6) is -0.649. The van der Waals surface area contributed by atoms with Gasteiger partial charge in [0.2, 0.25) is 17.7 Å². The zero-order valence-electron chi connectivity index (χ0n) is 15.9. The molecule has 3 amide bonds. The highest BCUT2D eigenvalue weighted by atomic mass is 35.5. The largest absolute Gasteiger partial charge is 0.354 e. The predicted octanol–water partition coefficient (Wildman–Crippen LogP) is 0.497. The lowest BCUT2D eigenvalue weighted by molar-refractivity contribution is -0.130. The lowest BCUT2D eigenvalue weighted by Gasteiger charge is -2.26. The first-order valence-corrected chi connectivity index (χ1v) is 10.2. The molecular weight excluding hydrogens is 380 g/mol. The summed E-state index contributed by atoms with van der Waals surface area (Å²) >= 11 is 6.06. The van der Waals surface area contributed by atoms with Crippen molar-refractivity contribution in [3.63, 3.8) is 0 Å². The molecule has 3 rings (SSSR count). The highest BCUT2D eigenvalue weighted by Gasteiger charge is 2.32. The van der Waals surface area contributed by atoms with Gasteiger partial charge in [-0.2, -0.15) is 0 Å². The molecule has 28 heavy (non-hydrogen) atoms. The van der Waals surface area contributed by atoms with Crippen LogP contribution in [0.15, 0.2) is 30.3 Å². The van der Waals surface area contributed by atoms with Gasteiger partial charge < -0.3 is 21.3 Å². The number of hydrogen-bond acceptors (Lipinski definition) is 4. The molecule has 4 N–H and O–H groups in total. The molecular formula is C20H27ClN4O3. The van der Waals surface area contributed by atoms with Crippen molar-refractivity contribution in [2.75, 3.05) is 19.6 Å². The third-order valence-corrected chi connectivity index (χ3v) is 5.73. The van der Waals surface area contributed by atoms with Gasteiger partial charge >= 0.3 is 0 Å². The number of hydrogen-bond donors (Lipinski definition) is 4. The van der Waals surface area contributed by atoms with E-state index in [1.54, 1.807) is 6.92 Å². The van der Waals surface area contributed by atoms with Crippen molar-refractivity contribution in [3.05, 3.63) is 35.9 Å². The maximum atomic E-state index is 12.5. The van der Waals surface area contributed by atoms with Crippen LogP contribution in [0.2, 0.25) is 0 Å². The zero-order chi connectivity index (χ0) is 20.1. The Bertz CT molecular complexity index is 715. The van der Waals surface area contributed by atoms with Gasteiger partial charge in [0.05, 0.1) is 17.3 Å². The van der Waals surface area contributed by atoms with Crippen molar-refractivity contribution in [2.45, 2.75) is 43.1 Å². The van der Waals surface area contributed by atoms with E-state index in [1.807, 2.05) is 18.2 Å². The molecule has 2 saturated heterocycles. The Labute approximate surface area is 170 Å². The zero-order valence-corrected chi connectivity index (χ0v) is 16.7. The van der Waals surface area contributed by atoms with Gasteiger partial charge in [0.1, 0.15) is 6.04 Å². The molecule has 0 radical (unpaired) electrons. The van der Waals surface area contributed by atoms with E-state index in [1.165, 1.54) is 5.56 Å². The average Bonchev–Trinajstić information content (AvgIpc) is 3.19. The van der Waals surface area contributed by atoms with Crippen molar-refractivity contribution in [3.8, 4) is 0 Å². The quantitative estimate of drug-likeness (QED) is 0.517. The second kappa shape index (κ2) is 9.39. The maximum Gasteiger partial charge on any atom is 0.242 e. The minimum Gasteiger partial charge on any atom is -0.354 e. The number of piperidine rings is 1. The van der Waals surface area contributed by atoms with Crippen molar-refractivity contribution in [1.82, 2.24) is 21.3 Å². The van der Waals surface area contributed by atoms with Gasteiger partial charge in [-0.05, 0) is 31.2 Å². The van der Waals surface area contributed by atoms with Crippen molar-refractivity contribution >= 4 is 29.3 Å². The number of halogens is 1. The molecule has 0 bridgehead atoms. The number of carbonyl (C=O) groups is 3. The lowest BCUT2D eigenvalue weighted by atomic mass is 9.96. The summed E-state index contributed by atoms with van der Waals surface area (Å²) in [7, 11) is 0. The minimum atomic E-state index is -0.677. The van der Waals surface area contributed by atoms with Gasteiger partial charge in [0.25, 0.3) is 0 Å². The van der Waals surface area contributed by atoms with Crippen LogP contribution in [0.4, 0.5) is 0 Å². The number of nitrogens with one attached hydrogen (secondary N) is 4. The van der Waals surface area contributed by atoms with E-state index in [0.29, 0.717) is 19.4 Å². The summed E-state index contributed by atoms with van der Waals surface area (Å²) in [6.45, 7) is 3.04. The third kappa shape index (κ3) is 5.23. The topological polar surface area (TPSA) is 99.3 Å². The summed E-state index contributed by atoms with van der Waals surface area (Å²) in [5, 5.41) is 11.3. The molecule has 2 fully saturated rings. The fourth-order valence-corrected chi connectivity index (χ4v) is 3.99. The van der Waals surface area contributed by atoms with Crippen LogP contribution < -0.4 is 21.3 Å². The summed E-state index contributed by atoms with van der Waals surface area (Å²) in [5.41, 5.74) is 1.21. The van der Waals surface area contributed by atoms with Crippen molar-refractivity contribution in [2.24, 2.45) is 5.92 Å². The second-order valence-corrected chi connectivity index (χ2v) is 8.17. The van der Waals surface area contributed by atoms with Gasteiger partial charge in [-0.15, -0.1) is 11.6 Å². The smallest absolute Gasteiger partial charge is 0.242 e. The lowest BCUT2D eigenvalue weighted by Crippen LogP contribution is -2.52. The van der Waals surface area contributed by atoms with Gasteiger partial charge in [-0.1, -0.05) is 30.3 Å². The first-order chi connectivity index (χ1) is 13.4. The molecule has 5 atom stereocenters. The number of rotatable bonds is 6. The van der Waals surface area contributed by atoms with Crippen LogP contribution in [0.5, 0.6) is 0 Å². The normalized spacial score (nSPS) is 28.3. The van der Waals surface area contributed by atoms with E-state index >= 15 is 0 Å². The molecule has 1 aromatic rings. The molecule has 152 valence electrons. The Morgan fingerprint density at radius 2 is 1.96 bits per heavy atom. The second-order valence-electron chi connectivity index (χ2n) is 7.55. The third-order valence-electron chi connectivity index (χ3n) is 5.40. The van der Waals surface area contributed by atoms with Gasteiger partial charge in [0.15, 0.2) is 0 Å². The van der Waals surface area contributed by atoms with E-state index in [2.05, 4.69) is 33.4 Å². The number of carbonyl (C=O) groups excluding carboxylic acids is 3. The molecule has 0 aliphatic carbocycles. The summed E-state index contributed by atoms with van der Waals surface area (Å²) in [4.78, 5) is 36.6. The van der Waals surface area contributed by atoms with E-state index < -0.39 is 6.04 Å². The fourth-order valence-electron chi connectivity index (χ4n) is 3.70. The molecule has 2 aliphatic rings. The number of amides is 3. The van der Waals surface area contributed by atoms with E-state index in [-0.39, 0.29) is 47.5 Å². The Morgan fingerprint density at radius 3 is 2.71 bits per heavy atom. The van der Waals surface area contributed by atoms with Crippen LogP contribution >= 0.6 is 11.6 Å². The van der Waals surface area contributed by atoms with E-state index in [0.717, 1.165) is 6.54 Å². The minimum absolute atomic E-state index is 0.101. The molecule has 1 aromatic carbocycles. The monoisotopic (exact) mass is 406 g/mol. The maximum absolute atomic E-state index is 12.5. The number of alkyl halides is 1. The van der Waals surface area contributed by atoms with Gasteiger partial charge in [-0.25, -0.2) is 0 Å². The SMILES string of the molecule is C[C@H](NC(=O)[C@H]1C[C@H](c2ccccc2)CN1)C(=O)NCC1CC(Cl)CNC1=O. The summed E-state index contributed by atoms with van der Waals surface area (Å²) in [6, 6.07) is 9.10. The fraction of sp³-hybridized carbons (Fsp3) is 0.550. The molecule has 0 aromatic heterocycles. The standard InChI is InChI=1S/C20H27ClN4O3/c1-12(18(26)23-10-15-7-16(21)11-24-19(15)27)25-20(28)17-8-14(9-22-17)13-5-3-2-4-6-13/h2-6,12,14-17,22H,7-11H2,1H3,(H,23,26)(H,24,27)(H,25,28)/t12-,14-,15?,16?,17+/m0/s1. The van der Waals surface area contributed by atoms with Crippen LogP contribution in [0.3, 0.4) is 0 Å². The molecule has 0 spiro atoms.